The van der Waals surface area contributed by atoms with Crippen molar-refractivity contribution in [2.45, 2.75) is 10.8 Å². The number of hydrogen-bond donors (Lipinski definition) is 2. The topological polar surface area (TPSA) is 139 Å². The van der Waals surface area contributed by atoms with Crippen molar-refractivity contribution < 1.29 is 4.52 Å². The number of thiophene rings is 1. The van der Waals surface area contributed by atoms with Gasteiger partial charge in [0.2, 0.25) is 0 Å². The molecule has 0 amide bonds. The van der Waals surface area contributed by atoms with E-state index in [1.165, 1.54) is 11.3 Å². The van der Waals surface area contributed by atoms with Gasteiger partial charge in [0.05, 0.1) is 16.3 Å². The minimum absolute atomic E-state index is 0.104. The lowest BCUT2D eigenvalue weighted by atomic mass is 10.0. The van der Waals surface area contributed by atoms with E-state index in [0.29, 0.717) is 15.5 Å². The van der Waals surface area contributed by atoms with Crippen LogP contribution in [-0.4, -0.2) is 15.1 Å². The molecule has 3 rings (SSSR count). The molecule has 0 bridgehead atoms. The summed E-state index contributed by atoms with van der Waals surface area (Å²) in [6.45, 7) is 0. The number of hydrogen-bond acceptors (Lipinski definition) is 8. The quantitative estimate of drug-likeness (QED) is 0.679. The van der Waals surface area contributed by atoms with E-state index in [9.17, 15) is 20.1 Å². The zero-order valence-electron chi connectivity index (χ0n) is 11.8. The second kappa shape index (κ2) is 6.58. The maximum absolute atomic E-state index is 12.2. The van der Waals surface area contributed by atoms with E-state index in [-0.39, 0.29) is 22.7 Å². The second-order valence-corrected chi connectivity index (χ2v) is 6.37. The van der Waals surface area contributed by atoms with Crippen molar-refractivity contribution in [3.63, 3.8) is 0 Å². The fourth-order valence-electron chi connectivity index (χ4n) is 2.03. The van der Waals surface area contributed by atoms with Gasteiger partial charge in [-0.05, 0) is 11.4 Å². The number of nitrogens with zero attached hydrogens (tertiary/aromatic N) is 3. The van der Waals surface area contributed by atoms with Crippen LogP contribution >= 0.6 is 23.1 Å². The molecule has 0 unspecified atom stereocenters. The minimum Gasteiger partial charge on any atom is -0.315 e. The second-order valence-electron chi connectivity index (χ2n) is 4.44. The van der Waals surface area contributed by atoms with Crippen molar-refractivity contribution in [1.29, 1.82) is 10.5 Å². The molecule has 0 saturated heterocycles. The van der Waals surface area contributed by atoms with Gasteiger partial charge in [0.25, 0.3) is 5.56 Å². The molecule has 0 fully saturated rings. The number of aromatic nitrogens is 3. The average molecular weight is 357 g/mol. The van der Waals surface area contributed by atoms with Gasteiger partial charge in [0.1, 0.15) is 17.7 Å². The average Bonchev–Trinajstić information content (AvgIpc) is 3.23. The van der Waals surface area contributed by atoms with Gasteiger partial charge in [-0.2, -0.15) is 10.5 Å². The zero-order chi connectivity index (χ0) is 17.1. The van der Waals surface area contributed by atoms with Crippen molar-refractivity contribution >= 4 is 23.1 Å². The lowest BCUT2D eigenvalue weighted by molar-refractivity contribution is 0.383. The number of aromatic amines is 2. The van der Waals surface area contributed by atoms with Crippen molar-refractivity contribution in [1.82, 2.24) is 15.1 Å². The maximum atomic E-state index is 12.2. The summed E-state index contributed by atoms with van der Waals surface area (Å²) in [7, 11) is 0. The molecule has 0 spiro atoms. The van der Waals surface area contributed by atoms with Crippen LogP contribution in [0, 0.1) is 22.7 Å². The van der Waals surface area contributed by atoms with Crippen LogP contribution in [-0.2, 0) is 5.75 Å². The molecule has 0 atom stereocenters. The van der Waals surface area contributed by atoms with Crippen LogP contribution < -0.4 is 11.3 Å². The number of H-pyrrole nitrogens is 2. The number of rotatable bonds is 4. The van der Waals surface area contributed by atoms with Crippen LogP contribution in [0.1, 0.15) is 17.0 Å². The fraction of sp³-hybridized carbons (Fsp3) is 0.0714. The van der Waals surface area contributed by atoms with Gasteiger partial charge in [-0.1, -0.05) is 23.0 Å². The minimum atomic E-state index is -0.682. The Morgan fingerprint density at radius 2 is 2.04 bits per heavy atom. The zero-order valence-corrected chi connectivity index (χ0v) is 13.5. The van der Waals surface area contributed by atoms with E-state index in [4.69, 9.17) is 0 Å². The predicted molar refractivity (Wildman–Crippen MR) is 86.5 cm³/mol. The summed E-state index contributed by atoms with van der Waals surface area (Å²) in [6, 6.07) is 7.42. The van der Waals surface area contributed by atoms with Crippen molar-refractivity contribution in [2.75, 3.05) is 0 Å². The fourth-order valence-corrected chi connectivity index (χ4v) is 3.68. The van der Waals surface area contributed by atoms with Crippen molar-refractivity contribution in [3.05, 3.63) is 55.4 Å². The highest BCUT2D eigenvalue weighted by molar-refractivity contribution is 7.98. The number of pyridine rings is 1. The Morgan fingerprint density at radius 3 is 2.62 bits per heavy atom. The molecule has 3 aromatic heterocycles. The van der Waals surface area contributed by atoms with Crippen LogP contribution in [0.5, 0.6) is 0 Å². The van der Waals surface area contributed by atoms with E-state index in [2.05, 4.69) is 19.6 Å². The Labute approximate surface area is 142 Å². The van der Waals surface area contributed by atoms with Gasteiger partial charge in [-0.3, -0.25) is 14.3 Å². The van der Waals surface area contributed by atoms with Gasteiger partial charge < -0.3 is 4.98 Å². The lowest BCUT2D eigenvalue weighted by Gasteiger charge is -2.08. The third-order valence-corrected chi connectivity index (χ3v) is 4.91. The molecule has 0 saturated carbocycles. The number of nitrogens with one attached hydrogen (secondary N) is 2. The Balaban J connectivity index is 2.10. The van der Waals surface area contributed by atoms with Crippen molar-refractivity contribution in [3.8, 4) is 22.6 Å². The Bertz CT molecular complexity index is 1080. The summed E-state index contributed by atoms with van der Waals surface area (Å²) in [5.74, 6) is -0.220. The summed E-state index contributed by atoms with van der Waals surface area (Å²) in [5.41, 5.74) is -0.163. The Morgan fingerprint density at radius 1 is 1.25 bits per heavy atom. The van der Waals surface area contributed by atoms with Crippen LogP contribution in [0.4, 0.5) is 0 Å². The molecular weight excluding hydrogens is 350 g/mol. The monoisotopic (exact) mass is 357 g/mol. The highest BCUT2D eigenvalue weighted by atomic mass is 32.2. The van der Waals surface area contributed by atoms with Gasteiger partial charge in [-0.25, -0.2) is 4.79 Å². The van der Waals surface area contributed by atoms with Crippen molar-refractivity contribution in [2.24, 2.45) is 0 Å². The van der Waals surface area contributed by atoms with E-state index in [1.807, 2.05) is 12.1 Å². The van der Waals surface area contributed by atoms with Gasteiger partial charge >= 0.3 is 5.76 Å². The predicted octanol–water partition coefficient (Wildman–Crippen LogP) is 1.82. The molecule has 2 N–H and O–H groups in total. The normalized spacial score (nSPS) is 10.2. The molecule has 0 aliphatic heterocycles. The molecular formula is C14H7N5O3S2. The van der Waals surface area contributed by atoms with Gasteiger partial charge in [-0.15, -0.1) is 11.3 Å². The van der Waals surface area contributed by atoms with Crippen LogP contribution in [0.2, 0.25) is 0 Å². The standard InChI is InChI=1S/C14H7N5O3S2/c15-4-7-11(9-2-1-3-23-9)8(5-16)13(18-12(7)20)24-6-10-17-14(21)22-19-10/h1-3H,6H2,(H,18,20)(H,17,19,21). The Kier molecular flexibility index (Phi) is 4.33. The lowest BCUT2D eigenvalue weighted by Crippen LogP contribution is -2.14. The van der Waals surface area contributed by atoms with E-state index in [0.717, 1.165) is 11.8 Å². The first-order valence-electron chi connectivity index (χ1n) is 6.46. The third kappa shape index (κ3) is 2.88. The van der Waals surface area contributed by atoms with E-state index < -0.39 is 11.3 Å². The summed E-state index contributed by atoms with van der Waals surface area (Å²) in [5, 5.41) is 24.4. The molecule has 0 aromatic carbocycles. The van der Waals surface area contributed by atoms with Gasteiger partial charge in [0.15, 0.2) is 5.82 Å². The molecule has 3 heterocycles. The van der Waals surface area contributed by atoms with Crippen LogP contribution in [0.3, 0.4) is 0 Å². The molecule has 10 heteroatoms. The van der Waals surface area contributed by atoms with Gasteiger partial charge in [0, 0.05) is 10.4 Å². The first-order chi connectivity index (χ1) is 11.6. The van der Waals surface area contributed by atoms with Crippen LogP contribution in [0.15, 0.2) is 36.7 Å². The first kappa shape index (κ1) is 15.8. The highest BCUT2D eigenvalue weighted by Crippen LogP contribution is 2.34. The largest absolute Gasteiger partial charge is 0.438 e. The summed E-state index contributed by atoms with van der Waals surface area (Å²) >= 11 is 2.44. The number of thioether (sulfide) groups is 1. The van der Waals surface area contributed by atoms with E-state index in [1.54, 1.807) is 17.5 Å². The molecule has 8 nitrogen and oxygen atoms in total. The molecule has 0 aliphatic rings. The summed E-state index contributed by atoms with van der Waals surface area (Å²) in [4.78, 5) is 28.7. The maximum Gasteiger partial charge on any atom is 0.438 e. The molecule has 118 valence electrons. The molecule has 3 aromatic rings. The smallest absolute Gasteiger partial charge is 0.315 e. The Hall–Kier alpha value is -3.08. The van der Waals surface area contributed by atoms with Crippen LogP contribution in [0.25, 0.3) is 10.4 Å². The molecule has 24 heavy (non-hydrogen) atoms. The van der Waals surface area contributed by atoms with E-state index >= 15 is 0 Å². The highest BCUT2D eigenvalue weighted by Gasteiger charge is 2.20. The third-order valence-electron chi connectivity index (χ3n) is 3.01. The molecule has 0 aliphatic carbocycles. The molecule has 0 radical (unpaired) electrons. The summed E-state index contributed by atoms with van der Waals surface area (Å²) < 4.78 is 4.40. The number of nitriles is 2. The summed E-state index contributed by atoms with van der Waals surface area (Å²) in [6.07, 6.45) is 0. The SMILES string of the molecule is N#Cc1c(SCc2noc(=O)[nH]2)[nH]c(=O)c(C#N)c1-c1cccs1. The first-order valence-corrected chi connectivity index (χ1v) is 8.32.